The molecule has 4 aromatic carbocycles. The molecule has 4 heteroatoms. The predicted octanol–water partition coefficient (Wildman–Crippen LogP) is 6.53. The Bertz CT molecular complexity index is 1160. The number of carboxylic acids is 1. The molecule has 1 N–H and O–H groups in total. The Hall–Kier alpha value is -3.89. The first-order valence-corrected chi connectivity index (χ1v) is 12.0. The molecule has 0 saturated carbocycles. The van der Waals surface area contributed by atoms with Crippen molar-refractivity contribution < 1.29 is 14.6 Å². The lowest BCUT2D eigenvalue weighted by molar-refractivity contribution is -0.138. The third-order valence-electron chi connectivity index (χ3n) is 6.08. The summed E-state index contributed by atoms with van der Waals surface area (Å²) in [5.41, 5.74) is 4.49. The van der Waals surface area contributed by atoms with E-state index in [2.05, 4.69) is 29.2 Å². The average Bonchev–Trinajstić information content (AvgIpc) is 2.91. The van der Waals surface area contributed by atoms with Crippen LogP contribution < -0.4 is 4.74 Å². The summed E-state index contributed by atoms with van der Waals surface area (Å²) in [5, 5.41) is 9.76. The Morgan fingerprint density at radius 2 is 1.26 bits per heavy atom. The third-order valence-corrected chi connectivity index (χ3v) is 6.08. The van der Waals surface area contributed by atoms with Gasteiger partial charge in [0.25, 0.3) is 0 Å². The molecule has 0 aliphatic rings. The van der Waals surface area contributed by atoms with E-state index in [-0.39, 0.29) is 12.5 Å². The maximum atomic E-state index is 11.9. The maximum Gasteiger partial charge on any atom is 0.305 e. The molecule has 0 fully saturated rings. The normalized spacial score (nSPS) is 11.8. The highest BCUT2D eigenvalue weighted by Gasteiger charge is 2.23. The molecule has 4 nitrogen and oxygen atoms in total. The van der Waals surface area contributed by atoms with Crippen LogP contribution in [0.5, 0.6) is 5.75 Å². The first kappa shape index (κ1) is 24.2. The van der Waals surface area contributed by atoms with E-state index in [4.69, 9.17) is 4.74 Å². The van der Waals surface area contributed by atoms with Gasteiger partial charge in [-0.2, -0.15) is 0 Å². The van der Waals surface area contributed by atoms with Crippen LogP contribution in [-0.4, -0.2) is 22.5 Å². The van der Waals surface area contributed by atoms with Gasteiger partial charge in [-0.05, 0) is 40.8 Å². The molecule has 0 spiro atoms. The Labute approximate surface area is 207 Å². The van der Waals surface area contributed by atoms with Crippen molar-refractivity contribution in [2.75, 3.05) is 6.54 Å². The first-order valence-electron chi connectivity index (χ1n) is 12.0. The topological polar surface area (TPSA) is 49.8 Å². The molecule has 35 heavy (non-hydrogen) atoms. The minimum absolute atomic E-state index is 0.0336. The molecule has 4 aromatic rings. The molecule has 0 amide bonds. The molecule has 0 aromatic heterocycles. The predicted molar refractivity (Wildman–Crippen MR) is 139 cm³/mol. The van der Waals surface area contributed by atoms with Gasteiger partial charge in [0.1, 0.15) is 12.4 Å². The fraction of sp³-hybridized carbons (Fsp3) is 0.194. The van der Waals surface area contributed by atoms with Crippen LogP contribution in [0.25, 0.3) is 0 Å². The summed E-state index contributed by atoms with van der Waals surface area (Å²) < 4.78 is 5.94. The second-order valence-corrected chi connectivity index (χ2v) is 8.65. The average molecular weight is 466 g/mol. The largest absolute Gasteiger partial charge is 0.489 e. The Kier molecular flexibility index (Phi) is 8.68. The fourth-order valence-corrected chi connectivity index (χ4v) is 4.23. The summed E-state index contributed by atoms with van der Waals surface area (Å²) in [6, 6.07) is 38.2. The zero-order valence-electron chi connectivity index (χ0n) is 19.8. The monoisotopic (exact) mass is 465 g/mol. The Morgan fingerprint density at radius 3 is 1.83 bits per heavy atom. The molecule has 1 atom stereocenters. The van der Waals surface area contributed by atoms with Gasteiger partial charge in [-0.3, -0.25) is 9.69 Å². The van der Waals surface area contributed by atoms with Crippen LogP contribution in [0.3, 0.4) is 0 Å². The smallest absolute Gasteiger partial charge is 0.305 e. The molecule has 0 aliphatic carbocycles. The lowest BCUT2D eigenvalue weighted by Gasteiger charge is -2.31. The highest BCUT2D eigenvalue weighted by molar-refractivity contribution is 5.68. The van der Waals surface area contributed by atoms with Crippen LogP contribution in [0.4, 0.5) is 0 Å². The van der Waals surface area contributed by atoms with Crippen molar-refractivity contribution in [1.82, 2.24) is 4.90 Å². The van der Waals surface area contributed by atoms with Gasteiger partial charge in [-0.1, -0.05) is 103 Å². The van der Waals surface area contributed by atoms with E-state index in [1.54, 1.807) is 0 Å². The van der Waals surface area contributed by atoms with E-state index in [0.29, 0.717) is 13.2 Å². The van der Waals surface area contributed by atoms with E-state index in [9.17, 15) is 9.90 Å². The van der Waals surface area contributed by atoms with Crippen molar-refractivity contribution in [2.45, 2.75) is 32.0 Å². The number of ether oxygens (including phenoxy) is 1. The van der Waals surface area contributed by atoms with Crippen molar-refractivity contribution in [3.05, 3.63) is 138 Å². The van der Waals surface area contributed by atoms with Crippen molar-refractivity contribution in [3.8, 4) is 5.75 Å². The van der Waals surface area contributed by atoms with Gasteiger partial charge in [-0.15, -0.1) is 0 Å². The third kappa shape index (κ3) is 7.56. The molecule has 0 aliphatic heterocycles. The van der Waals surface area contributed by atoms with Gasteiger partial charge in [0.2, 0.25) is 0 Å². The number of hydrogen-bond acceptors (Lipinski definition) is 3. The number of benzene rings is 4. The van der Waals surface area contributed by atoms with Crippen LogP contribution in [0.2, 0.25) is 0 Å². The van der Waals surface area contributed by atoms with Crippen LogP contribution in [-0.2, 0) is 24.4 Å². The van der Waals surface area contributed by atoms with E-state index in [1.807, 2.05) is 91.0 Å². The summed E-state index contributed by atoms with van der Waals surface area (Å²) >= 11 is 0. The molecule has 0 heterocycles. The van der Waals surface area contributed by atoms with Gasteiger partial charge < -0.3 is 9.84 Å². The standard InChI is InChI=1S/C31H31NO3/c33-31(34)22-30(28-16-18-29(19-17-28)35-24-27-14-8-3-9-15-27)32(23-26-12-6-2-7-13-26)21-20-25-10-4-1-5-11-25/h1-19,30H,20-24H2,(H,33,34)/t30-/m1/s1. The Morgan fingerprint density at radius 1 is 0.714 bits per heavy atom. The number of hydrogen-bond donors (Lipinski definition) is 1. The summed E-state index contributed by atoms with van der Waals surface area (Å²) in [4.78, 5) is 14.2. The van der Waals surface area contributed by atoms with Crippen LogP contribution >= 0.6 is 0 Å². The van der Waals surface area contributed by atoms with Gasteiger partial charge in [0.05, 0.1) is 6.42 Å². The van der Waals surface area contributed by atoms with Crippen molar-refractivity contribution in [1.29, 1.82) is 0 Å². The number of carbonyl (C=O) groups is 1. The van der Waals surface area contributed by atoms with Gasteiger partial charge in [0.15, 0.2) is 0 Å². The Balaban J connectivity index is 1.53. The fourth-order valence-electron chi connectivity index (χ4n) is 4.23. The van der Waals surface area contributed by atoms with Crippen molar-refractivity contribution >= 4 is 5.97 Å². The molecular weight excluding hydrogens is 434 g/mol. The second-order valence-electron chi connectivity index (χ2n) is 8.65. The van der Waals surface area contributed by atoms with E-state index < -0.39 is 5.97 Å². The lowest BCUT2D eigenvalue weighted by atomic mass is 9.99. The molecular formula is C31H31NO3. The summed E-state index contributed by atoms with van der Waals surface area (Å²) in [7, 11) is 0. The van der Waals surface area contributed by atoms with Crippen molar-refractivity contribution in [3.63, 3.8) is 0 Å². The SMILES string of the molecule is O=C(O)C[C@H](c1ccc(OCc2ccccc2)cc1)N(CCc1ccccc1)Cc1ccccc1. The minimum atomic E-state index is -0.808. The molecule has 4 rings (SSSR count). The number of nitrogens with zero attached hydrogens (tertiary/aromatic N) is 1. The molecule has 178 valence electrons. The summed E-state index contributed by atoms with van der Waals surface area (Å²) in [6.07, 6.45) is 0.883. The summed E-state index contributed by atoms with van der Waals surface area (Å²) in [5.74, 6) is -0.0391. The van der Waals surface area contributed by atoms with E-state index in [0.717, 1.165) is 29.8 Å². The maximum absolute atomic E-state index is 11.9. The van der Waals surface area contributed by atoms with Crippen LogP contribution in [0, 0.1) is 0 Å². The van der Waals surface area contributed by atoms with Crippen LogP contribution in [0.1, 0.15) is 34.7 Å². The van der Waals surface area contributed by atoms with Gasteiger partial charge in [0, 0.05) is 19.1 Å². The van der Waals surface area contributed by atoms with Gasteiger partial charge in [-0.25, -0.2) is 0 Å². The molecule has 0 unspecified atom stereocenters. The highest BCUT2D eigenvalue weighted by Crippen LogP contribution is 2.28. The minimum Gasteiger partial charge on any atom is -0.489 e. The van der Waals surface area contributed by atoms with E-state index in [1.165, 1.54) is 11.1 Å². The zero-order valence-corrected chi connectivity index (χ0v) is 19.8. The first-order chi connectivity index (χ1) is 17.2. The number of carboxylic acid groups (broad SMARTS) is 1. The summed E-state index contributed by atoms with van der Waals surface area (Å²) in [6.45, 7) is 1.93. The number of rotatable bonds is 12. The van der Waals surface area contributed by atoms with E-state index >= 15 is 0 Å². The lowest BCUT2D eigenvalue weighted by Crippen LogP contribution is -2.32. The van der Waals surface area contributed by atoms with Crippen molar-refractivity contribution in [2.24, 2.45) is 0 Å². The highest BCUT2D eigenvalue weighted by atomic mass is 16.5. The molecule has 0 radical (unpaired) electrons. The molecule has 0 bridgehead atoms. The quantitative estimate of drug-likeness (QED) is 0.259. The van der Waals surface area contributed by atoms with Crippen LogP contribution in [0.15, 0.2) is 115 Å². The second kappa shape index (κ2) is 12.5. The zero-order chi connectivity index (χ0) is 24.3. The van der Waals surface area contributed by atoms with Gasteiger partial charge >= 0.3 is 5.97 Å². The number of aliphatic carboxylic acids is 1. The molecule has 0 saturated heterocycles.